The molecular formula is C13H17Cl2N3O2. The van der Waals surface area contributed by atoms with Gasteiger partial charge in [0.05, 0.1) is 5.02 Å². The fourth-order valence-electron chi connectivity index (χ4n) is 2.35. The lowest BCUT2D eigenvalue weighted by Crippen LogP contribution is -2.37. The third-order valence-electron chi connectivity index (χ3n) is 3.56. The first-order chi connectivity index (χ1) is 9.41. The lowest BCUT2D eigenvalue weighted by molar-refractivity contribution is -0.128. The number of amides is 2. The Hall–Kier alpha value is -1.20. The Morgan fingerprint density at radius 1 is 1.10 bits per heavy atom. The van der Waals surface area contributed by atoms with E-state index in [0.29, 0.717) is 42.0 Å². The van der Waals surface area contributed by atoms with Crippen LogP contribution in [0.15, 0.2) is 6.07 Å². The van der Waals surface area contributed by atoms with E-state index in [-0.39, 0.29) is 11.8 Å². The Morgan fingerprint density at radius 3 is 2.25 bits per heavy atom. The molecule has 0 bridgehead atoms. The molecule has 0 saturated carbocycles. The van der Waals surface area contributed by atoms with Crippen molar-refractivity contribution in [2.75, 3.05) is 26.2 Å². The van der Waals surface area contributed by atoms with E-state index >= 15 is 0 Å². The van der Waals surface area contributed by atoms with Crippen LogP contribution >= 0.6 is 23.2 Å². The third-order valence-corrected chi connectivity index (χ3v) is 4.41. The summed E-state index contributed by atoms with van der Waals surface area (Å²) in [6.45, 7) is 3.96. The van der Waals surface area contributed by atoms with Crippen molar-refractivity contribution in [2.24, 2.45) is 7.05 Å². The van der Waals surface area contributed by atoms with E-state index in [0.717, 1.165) is 6.42 Å². The Bertz CT molecular complexity index is 542. The molecule has 1 aromatic heterocycles. The molecule has 0 aromatic carbocycles. The first-order valence-electron chi connectivity index (χ1n) is 6.47. The number of carbonyl (C=O) groups excluding carboxylic acids is 2. The summed E-state index contributed by atoms with van der Waals surface area (Å²) in [6.07, 6.45) is 0.775. The second-order valence-electron chi connectivity index (χ2n) is 4.88. The van der Waals surface area contributed by atoms with Gasteiger partial charge in [-0.15, -0.1) is 0 Å². The van der Waals surface area contributed by atoms with Crippen LogP contribution in [0.5, 0.6) is 0 Å². The molecule has 110 valence electrons. The van der Waals surface area contributed by atoms with Crippen LogP contribution < -0.4 is 0 Å². The van der Waals surface area contributed by atoms with Gasteiger partial charge in [0, 0.05) is 40.2 Å². The van der Waals surface area contributed by atoms with Crippen LogP contribution in [0, 0.1) is 0 Å². The molecule has 7 heteroatoms. The maximum absolute atomic E-state index is 12.5. The first-order valence-corrected chi connectivity index (χ1v) is 7.23. The Balaban J connectivity index is 2.13. The van der Waals surface area contributed by atoms with Crippen molar-refractivity contribution in [2.45, 2.75) is 13.3 Å². The van der Waals surface area contributed by atoms with Crippen molar-refractivity contribution in [3.05, 3.63) is 21.9 Å². The van der Waals surface area contributed by atoms with Crippen molar-refractivity contribution in [1.29, 1.82) is 0 Å². The van der Waals surface area contributed by atoms with Crippen LogP contribution in [0.2, 0.25) is 10.2 Å². The molecule has 1 aliphatic heterocycles. The third kappa shape index (κ3) is 2.94. The highest BCUT2D eigenvalue weighted by molar-refractivity contribution is 6.41. The minimum absolute atomic E-state index is 0.0456. The molecule has 1 aromatic rings. The van der Waals surface area contributed by atoms with E-state index in [1.807, 2.05) is 0 Å². The summed E-state index contributed by atoms with van der Waals surface area (Å²) in [5.74, 6) is -0.0593. The van der Waals surface area contributed by atoms with Crippen LogP contribution in [0.4, 0.5) is 0 Å². The SMILES string of the molecule is CC(=O)N1CCCN(C(=O)c2cc(Cl)c(Cl)n2C)CC1. The minimum atomic E-state index is -0.105. The van der Waals surface area contributed by atoms with E-state index in [1.54, 1.807) is 34.4 Å². The zero-order valence-electron chi connectivity index (χ0n) is 11.5. The van der Waals surface area contributed by atoms with Crippen LogP contribution in [0.25, 0.3) is 0 Å². The van der Waals surface area contributed by atoms with Crippen molar-refractivity contribution < 1.29 is 9.59 Å². The number of rotatable bonds is 1. The number of hydrogen-bond acceptors (Lipinski definition) is 2. The molecule has 2 rings (SSSR count). The Labute approximate surface area is 128 Å². The van der Waals surface area contributed by atoms with Gasteiger partial charge in [-0.05, 0) is 12.5 Å². The highest BCUT2D eigenvalue weighted by atomic mass is 35.5. The molecule has 20 heavy (non-hydrogen) atoms. The number of nitrogens with zero attached hydrogens (tertiary/aromatic N) is 3. The van der Waals surface area contributed by atoms with Crippen molar-refractivity contribution in [3.8, 4) is 0 Å². The minimum Gasteiger partial charge on any atom is -0.341 e. The van der Waals surface area contributed by atoms with Gasteiger partial charge in [0.15, 0.2) is 0 Å². The Morgan fingerprint density at radius 2 is 1.70 bits per heavy atom. The van der Waals surface area contributed by atoms with Crippen LogP contribution in [-0.4, -0.2) is 52.4 Å². The predicted molar refractivity (Wildman–Crippen MR) is 78.2 cm³/mol. The summed E-state index contributed by atoms with van der Waals surface area (Å²) in [7, 11) is 1.71. The monoisotopic (exact) mass is 317 g/mol. The summed E-state index contributed by atoms with van der Waals surface area (Å²) in [4.78, 5) is 27.4. The molecule has 1 aliphatic rings. The summed E-state index contributed by atoms with van der Waals surface area (Å²) in [5.41, 5.74) is 0.469. The summed E-state index contributed by atoms with van der Waals surface area (Å²) >= 11 is 11.9. The molecule has 1 fully saturated rings. The smallest absolute Gasteiger partial charge is 0.270 e. The molecule has 5 nitrogen and oxygen atoms in total. The average molecular weight is 318 g/mol. The standard InChI is InChI=1S/C13H17Cl2N3O2/c1-9(19)17-4-3-5-18(7-6-17)13(20)11-8-10(14)12(15)16(11)2/h8H,3-7H2,1-2H3. The van der Waals surface area contributed by atoms with Gasteiger partial charge < -0.3 is 14.4 Å². The highest BCUT2D eigenvalue weighted by Crippen LogP contribution is 2.26. The largest absolute Gasteiger partial charge is 0.341 e. The fourth-order valence-corrected chi connectivity index (χ4v) is 2.72. The zero-order valence-corrected chi connectivity index (χ0v) is 13.0. The predicted octanol–water partition coefficient (Wildman–Crippen LogP) is 2.03. The second kappa shape index (κ2) is 6.06. The van der Waals surface area contributed by atoms with Crippen LogP contribution in [0.3, 0.4) is 0 Å². The zero-order chi connectivity index (χ0) is 14.9. The van der Waals surface area contributed by atoms with Crippen LogP contribution in [-0.2, 0) is 11.8 Å². The van der Waals surface area contributed by atoms with Gasteiger partial charge in [-0.1, -0.05) is 23.2 Å². The van der Waals surface area contributed by atoms with E-state index in [9.17, 15) is 9.59 Å². The topological polar surface area (TPSA) is 45.6 Å². The molecule has 0 aliphatic carbocycles. The number of halogens is 2. The molecule has 0 unspecified atom stereocenters. The van der Waals surface area contributed by atoms with Crippen molar-refractivity contribution >= 4 is 35.0 Å². The van der Waals surface area contributed by atoms with Gasteiger partial charge >= 0.3 is 0 Å². The number of hydrogen-bond donors (Lipinski definition) is 0. The summed E-state index contributed by atoms with van der Waals surface area (Å²) < 4.78 is 1.58. The maximum atomic E-state index is 12.5. The fraction of sp³-hybridized carbons (Fsp3) is 0.538. The average Bonchev–Trinajstić information content (AvgIpc) is 2.64. The molecule has 1 saturated heterocycles. The number of aromatic nitrogens is 1. The van der Waals surface area contributed by atoms with Gasteiger partial charge in [-0.3, -0.25) is 9.59 Å². The Kier molecular flexibility index (Phi) is 4.60. The molecule has 0 N–H and O–H groups in total. The van der Waals surface area contributed by atoms with Crippen molar-refractivity contribution in [1.82, 2.24) is 14.4 Å². The summed E-state index contributed by atoms with van der Waals surface area (Å²) in [5, 5.41) is 0.730. The van der Waals surface area contributed by atoms with Gasteiger partial charge in [-0.25, -0.2) is 0 Å². The molecule has 2 heterocycles. The van der Waals surface area contributed by atoms with Gasteiger partial charge in [0.2, 0.25) is 5.91 Å². The van der Waals surface area contributed by atoms with E-state index in [2.05, 4.69) is 0 Å². The van der Waals surface area contributed by atoms with E-state index in [4.69, 9.17) is 23.2 Å². The summed E-state index contributed by atoms with van der Waals surface area (Å²) in [6, 6.07) is 1.58. The molecule has 0 radical (unpaired) electrons. The molecular weight excluding hydrogens is 301 g/mol. The normalized spacial score (nSPS) is 16.2. The van der Waals surface area contributed by atoms with Gasteiger partial charge in [-0.2, -0.15) is 0 Å². The van der Waals surface area contributed by atoms with Crippen LogP contribution in [0.1, 0.15) is 23.8 Å². The van der Waals surface area contributed by atoms with Crippen molar-refractivity contribution in [3.63, 3.8) is 0 Å². The van der Waals surface area contributed by atoms with E-state index < -0.39 is 0 Å². The quantitative estimate of drug-likeness (QED) is 0.795. The second-order valence-corrected chi connectivity index (χ2v) is 5.64. The first kappa shape index (κ1) is 15.2. The molecule has 2 amide bonds. The van der Waals surface area contributed by atoms with Gasteiger partial charge in [0.25, 0.3) is 5.91 Å². The van der Waals surface area contributed by atoms with E-state index in [1.165, 1.54) is 0 Å². The lowest BCUT2D eigenvalue weighted by atomic mass is 10.3. The lowest BCUT2D eigenvalue weighted by Gasteiger charge is -2.21. The highest BCUT2D eigenvalue weighted by Gasteiger charge is 2.24. The maximum Gasteiger partial charge on any atom is 0.270 e. The molecule has 0 atom stereocenters. The molecule has 0 spiro atoms. The number of carbonyl (C=O) groups is 2. The van der Waals surface area contributed by atoms with Gasteiger partial charge in [0.1, 0.15) is 10.8 Å².